The van der Waals surface area contributed by atoms with Gasteiger partial charge in [-0.15, -0.1) is 11.3 Å². The predicted octanol–water partition coefficient (Wildman–Crippen LogP) is 4.33. The lowest BCUT2D eigenvalue weighted by atomic mass is 10.1. The Morgan fingerprint density at radius 1 is 1.24 bits per heavy atom. The lowest BCUT2D eigenvalue weighted by Gasteiger charge is -2.03. The molecule has 0 bridgehead atoms. The Kier molecular flexibility index (Phi) is 3.40. The van der Waals surface area contributed by atoms with Crippen LogP contribution in [-0.4, -0.2) is 5.78 Å². The van der Waals surface area contributed by atoms with Gasteiger partial charge < -0.3 is 0 Å². The summed E-state index contributed by atoms with van der Waals surface area (Å²) in [7, 11) is 0. The van der Waals surface area contributed by atoms with E-state index < -0.39 is 23.0 Å². The standard InChI is InChI=1S/C12H7BrF2OS/c1-6-2-5-9(17-6)12(16)10-8(14)4-3-7(13)11(10)15/h2-5H,1H3. The van der Waals surface area contributed by atoms with Gasteiger partial charge in [-0.1, -0.05) is 0 Å². The Balaban J connectivity index is 2.54. The van der Waals surface area contributed by atoms with Crippen LogP contribution in [0.25, 0.3) is 0 Å². The number of rotatable bonds is 2. The number of hydrogen-bond donors (Lipinski definition) is 0. The number of thiophene rings is 1. The molecule has 1 aromatic heterocycles. The van der Waals surface area contributed by atoms with E-state index >= 15 is 0 Å². The molecule has 5 heteroatoms. The maximum absolute atomic E-state index is 13.7. The molecule has 2 aromatic rings. The minimum absolute atomic E-state index is 0.0792. The normalized spacial score (nSPS) is 10.6. The zero-order chi connectivity index (χ0) is 12.6. The number of aryl methyl sites for hydroxylation is 1. The summed E-state index contributed by atoms with van der Waals surface area (Å²) in [5.74, 6) is -2.33. The molecule has 1 heterocycles. The molecule has 0 saturated heterocycles. The van der Waals surface area contributed by atoms with Crippen LogP contribution in [-0.2, 0) is 0 Å². The first-order valence-electron chi connectivity index (χ1n) is 4.75. The Labute approximate surface area is 109 Å². The molecule has 0 atom stereocenters. The number of carbonyl (C=O) groups is 1. The van der Waals surface area contributed by atoms with E-state index in [1.54, 1.807) is 12.1 Å². The van der Waals surface area contributed by atoms with Gasteiger partial charge in [-0.2, -0.15) is 0 Å². The van der Waals surface area contributed by atoms with Crippen molar-refractivity contribution in [3.05, 3.63) is 55.7 Å². The molecule has 2 rings (SSSR count). The summed E-state index contributed by atoms with van der Waals surface area (Å²) in [6.07, 6.45) is 0. The van der Waals surface area contributed by atoms with E-state index in [2.05, 4.69) is 15.9 Å². The number of ketones is 1. The highest BCUT2D eigenvalue weighted by atomic mass is 79.9. The van der Waals surface area contributed by atoms with Crippen molar-refractivity contribution in [1.82, 2.24) is 0 Å². The monoisotopic (exact) mass is 316 g/mol. The molecule has 0 saturated carbocycles. The molecule has 1 aromatic carbocycles. The van der Waals surface area contributed by atoms with Crippen LogP contribution in [0.15, 0.2) is 28.7 Å². The van der Waals surface area contributed by atoms with Crippen molar-refractivity contribution in [2.24, 2.45) is 0 Å². The van der Waals surface area contributed by atoms with E-state index in [-0.39, 0.29) is 4.47 Å². The molecule has 0 aliphatic heterocycles. The second-order valence-corrected chi connectivity index (χ2v) is 5.60. The number of benzene rings is 1. The van der Waals surface area contributed by atoms with Crippen LogP contribution >= 0.6 is 27.3 Å². The highest BCUT2D eigenvalue weighted by Crippen LogP contribution is 2.26. The summed E-state index contributed by atoms with van der Waals surface area (Å²) in [5, 5.41) is 0. The van der Waals surface area contributed by atoms with E-state index in [0.29, 0.717) is 4.88 Å². The minimum Gasteiger partial charge on any atom is -0.287 e. The third kappa shape index (κ3) is 2.30. The first-order valence-corrected chi connectivity index (χ1v) is 6.36. The Morgan fingerprint density at radius 2 is 1.94 bits per heavy atom. The Morgan fingerprint density at radius 3 is 2.53 bits per heavy atom. The van der Waals surface area contributed by atoms with Crippen molar-refractivity contribution in [2.75, 3.05) is 0 Å². The van der Waals surface area contributed by atoms with E-state index in [1.165, 1.54) is 17.4 Å². The molecule has 0 N–H and O–H groups in total. The van der Waals surface area contributed by atoms with Crippen LogP contribution in [0, 0.1) is 18.6 Å². The van der Waals surface area contributed by atoms with Crippen molar-refractivity contribution in [2.45, 2.75) is 6.92 Å². The van der Waals surface area contributed by atoms with Gasteiger partial charge in [0, 0.05) is 4.88 Å². The van der Waals surface area contributed by atoms with E-state index in [9.17, 15) is 13.6 Å². The van der Waals surface area contributed by atoms with Crippen molar-refractivity contribution >= 4 is 33.0 Å². The fourth-order valence-electron chi connectivity index (χ4n) is 1.41. The summed E-state index contributed by atoms with van der Waals surface area (Å²) >= 11 is 4.15. The van der Waals surface area contributed by atoms with Gasteiger partial charge in [0.25, 0.3) is 0 Å². The van der Waals surface area contributed by atoms with Crippen molar-refractivity contribution in [1.29, 1.82) is 0 Å². The van der Waals surface area contributed by atoms with Crippen molar-refractivity contribution in [3.63, 3.8) is 0 Å². The van der Waals surface area contributed by atoms with Gasteiger partial charge in [0.15, 0.2) is 5.82 Å². The van der Waals surface area contributed by atoms with Crippen LogP contribution in [0.3, 0.4) is 0 Å². The van der Waals surface area contributed by atoms with Gasteiger partial charge in [-0.25, -0.2) is 8.78 Å². The molecule has 0 unspecified atom stereocenters. The molecule has 0 aliphatic carbocycles. The molecular formula is C12H7BrF2OS. The minimum atomic E-state index is -0.860. The SMILES string of the molecule is Cc1ccc(C(=O)c2c(F)ccc(Br)c2F)s1. The number of hydrogen-bond acceptors (Lipinski definition) is 2. The van der Waals surface area contributed by atoms with Gasteiger partial charge in [0.1, 0.15) is 5.82 Å². The largest absolute Gasteiger partial charge is 0.287 e. The highest BCUT2D eigenvalue weighted by Gasteiger charge is 2.21. The maximum atomic E-state index is 13.7. The van der Waals surface area contributed by atoms with Crippen LogP contribution in [0.1, 0.15) is 20.1 Å². The van der Waals surface area contributed by atoms with Crippen LogP contribution in [0.4, 0.5) is 8.78 Å². The van der Waals surface area contributed by atoms with Crippen LogP contribution < -0.4 is 0 Å². The summed E-state index contributed by atoms with van der Waals surface area (Å²) < 4.78 is 27.3. The molecule has 0 radical (unpaired) electrons. The topological polar surface area (TPSA) is 17.1 Å². The molecular weight excluding hydrogens is 310 g/mol. The fraction of sp³-hybridized carbons (Fsp3) is 0.0833. The Hall–Kier alpha value is -1.07. The van der Waals surface area contributed by atoms with Crippen LogP contribution in [0.2, 0.25) is 0 Å². The molecule has 88 valence electrons. The van der Waals surface area contributed by atoms with Gasteiger partial charge in [0.2, 0.25) is 5.78 Å². The van der Waals surface area contributed by atoms with Gasteiger partial charge in [-0.05, 0) is 47.1 Å². The van der Waals surface area contributed by atoms with E-state index in [1.807, 2.05) is 6.92 Å². The maximum Gasteiger partial charge on any atom is 0.208 e. The lowest BCUT2D eigenvalue weighted by Crippen LogP contribution is -2.06. The second kappa shape index (κ2) is 4.66. The first kappa shape index (κ1) is 12.4. The van der Waals surface area contributed by atoms with Gasteiger partial charge >= 0.3 is 0 Å². The third-order valence-corrected chi connectivity index (χ3v) is 3.85. The van der Waals surface area contributed by atoms with Crippen LogP contribution in [0.5, 0.6) is 0 Å². The smallest absolute Gasteiger partial charge is 0.208 e. The van der Waals surface area contributed by atoms with Gasteiger partial charge in [0.05, 0.1) is 14.9 Å². The van der Waals surface area contributed by atoms with Crippen molar-refractivity contribution in [3.8, 4) is 0 Å². The quantitative estimate of drug-likeness (QED) is 0.595. The summed E-state index contributed by atoms with van der Waals surface area (Å²) in [5.41, 5.74) is -0.513. The predicted molar refractivity (Wildman–Crippen MR) is 66.5 cm³/mol. The third-order valence-electron chi connectivity index (χ3n) is 2.24. The highest BCUT2D eigenvalue weighted by molar-refractivity contribution is 9.10. The molecule has 1 nitrogen and oxygen atoms in total. The zero-order valence-corrected chi connectivity index (χ0v) is 11.2. The van der Waals surface area contributed by atoms with Crippen molar-refractivity contribution < 1.29 is 13.6 Å². The number of carbonyl (C=O) groups excluding carboxylic acids is 1. The summed E-state index contributed by atoms with van der Waals surface area (Å²) in [6, 6.07) is 5.62. The summed E-state index contributed by atoms with van der Waals surface area (Å²) in [4.78, 5) is 13.2. The molecule has 17 heavy (non-hydrogen) atoms. The average Bonchev–Trinajstić information content (AvgIpc) is 2.71. The number of halogens is 3. The van der Waals surface area contributed by atoms with E-state index in [0.717, 1.165) is 10.9 Å². The molecule has 0 aliphatic rings. The Bertz CT molecular complexity index is 592. The molecule has 0 amide bonds. The molecule has 0 fully saturated rings. The average molecular weight is 317 g/mol. The fourth-order valence-corrected chi connectivity index (χ4v) is 2.56. The van der Waals surface area contributed by atoms with Gasteiger partial charge in [-0.3, -0.25) is 4.79 Å². The van der Waals surface area contributed by atoms with E-state index in [4.69, 9.17) is 0 Å². The zero-order valence-electron chi connectivity index (χ0n) is 8.76. The first-order chi connectivity index (χ1) is 8.00. The summed E-state index contributed by atoms with van der Waals surface area (Å²) in [6.45, 7) is 1.83. The lowest BCUT2D eigenvalue weighted by molar-refractivity contribution is 0.103. The molecule has 0 spiro atoms. The second-order valence-electron chi connectivity index (χ2n) is 3.46.